The van der Waals surface area contributed by atoms with E-state index in [2.05, 4.69) is 0 Å². The van der Waals surface area contributed by atoms with Crippen LogP contribution in [0.3, 0.4) is 0 Å². The summed E-state index contributed by atoms with van der Waals surface area (Å²) in [6.07, 6.45) is 0.213. The van der Waals surface area contributed by atoms with Gasteiger partial charge in [-0.3, -0.25) is 24.2 Å². The maximum absolute atomic E-state index is 14.8. The number of imide groups is 1. The average Bonchev–Trinajstić information content (AvgIpc) is 3.41. The quantitative estimate of drug-likeness (QED) is 0.154. The summed E-state index contributed by atoms with van der Waals surface area (Å²) >= 11 is 5.71. The molecule has 4 aromatic rings. The van der Waals surface area contributed by atoms with E-state index in [0.29, 0.717) is 11.1 Å². The van der Waals surface area contributed by atoms with Crippen molar-refractivity contribution in [2.45, 2.75) is 38.8 Å². The highest BCUT2D eigenvalue weighted by molar-refractivity contribution is 7.80. The van der Waals surface area contributed by atoms with Crippen LogP contribution in [0.5, 0.6) is 0 Å². The molecule has 0 bridgehead atoms. The molecule has 0 saturated carbocycles. The van der Waals surface area contributed by atoms with E-state index in [1.807, 2.05) is 69.3 Å². The Balaban J connectivity index is 1.53. The number of amides is 3. The lowest BCUT2D eigenvalue weighted by Gasteiger charge is -2.45. The third kappa shape index (κ3) is 3.70. The predicted molar refractivity (Wildman–Crippen MR) is 155 cm³/mol. The number of fused-ring (bicyclic) bond motifs is 4. The van der Waals surface area contributed by atoms with E-state index in [4.69, 9.17) is 12.2 Å². The van der Waals surface area contributed by atoms with Crippen molar-refractivity contribution in [1.82, 2.24) is 4.90 Å². The molecule has 0 aliphatic carbocycles. The first-order chi connectivity index (χ1) is 18.2. The molecule has 2 aliphatic heterocycles. The number of rotatable bonds is 4. The molecule has 0 N–H and O–H groups in total. The molecule has 6 rings (SSSR count). The highest BCUT2D eigenvalue weighted by Gasteiger charge is 2.49. The summed E-state index contributed by atoms with van der Waals surface area (Å²) in [7, 11) is 3.12. The van der Waals surface area contributed by atoms with Crippen molar-refractivity contribution < 1.29 is 14.4 Å². The zero-order chi connectivity index (χ0) is 26.8. The lowest BCUT2D eigenvalue weighted by molar-refractivity contribution is -0.123. The van der Waals surface area contributed by atoms with Crippen LogP contribution in [0.2, 0.25) is 0 Å². The Morgan fingerprint density at radius 3 is 2.18 bits per heavy atom. The van der Waals surface area contributed by atoms with Gasteiger partial charge in [-0.05, 0) is 50.1 Å². The van der Waals surface area contributed by atoms with Crippen molar-refractivity contribution in [2.24, 2.45) is 0 Å². The average molecular weight is 557 g/mol. The van der Waals surface area contributed by atoms with Gasteiger partial charge in [0.1, 0.15) is 9.87 Å². The number of hydrogen-bond donors (Lipinski definition) is 0. The Morgan fingerprint density at radius 1 is 0.895 bits per heavy atom. The van der Waals surface area contributed by atoms with E-state index in [1.165, 1.54) is 10.3 Å². The highest BCUT2D eigenvalue weighted by Crippen LogP contribution is 2.52. The Labute approximate surface area is 233 Å². The fourth-order valence-corrected chi connectivity index (χ4v) is 8.78. The first-order valence-electron chi connectivity index (χ1n) is 12.3. The molecule has 190 valence electrons. The highest BCUT2D eigenvalue weighted by atomic mass is 32.9. The standard InChI is InChI=1S/C30H24N2O3S3/c1-17-13-14-21-22(15-17)32(30(2,3)25-24(21)29(36)38-37-25)28(35)23(16-18-9-5-4-6-10-18)31-26(33)19-11-7-8-12-20(19)27(31)34/h4-15,23H,16H2,1-3H3. The molecule has 1 atom stereocenters. The number of anilines is 1. The molecule has 3 amide bonds. The van der Waals surface area contributed by atoms with Crippen molar-refractivity contribution in [2.75, 3.05) is 4.90 Å². The third-order valence-electron chi connectivity index (χ3n) is 7.32. The second-order valence-corrected chi connectivity index (χ2v) is 13.0. The van der Waals surface area contributed by atoms with Crippen LogP contribution in [0, 0.1) is 10.7 Å². The molecule has 3 heterocycles. The summed E-state index contributed by atoms with van der Waals surface area (Å²) in [5, 5.41) is 0. The summed E-state index contributed by atoms with van der Waals surface area (Å²) in [6.45, 7) is 6.01. The molecule has 8 heteroatoms. The molecule has 1 aromatic heterocycles. The maximum atomic E-state index is 14.8. The minimum absolute atomic E-state index is 0.213. The van der Waals surface area contributed by atoms with Crippen LogP contribution in [-0.2, 0) is 16.8 Å². The van der Waals surface area contributed by atoms with Crippen LogP contribution in [0.15, 0.2) is 72.8 Å². The number of benzene rings is 3. The summed E-state index contributed by atoms with van der Waals surface area (Å²) in [4.78, 5) is 46.0. The van der Waals surface area contributed by atoms with Crippen molar-refractivity contribution in [1.29, 1.82) is 0 Å². The van der Waals surface area contributed by atoms with E-state index in [9.17, 15) is 14.4 Å². The summed E-state index contributed by atoms with van der Waals surface area (Å²) < 4.78 is 0.802. The van der Waals surface area contributed by atoms with Gasteiger partial charge in [-0.15, -0.1) is 0 Å². The normalized spacial score (nSPS) is 16.2. The molecule has 0 saturated heterocycles. The van der Waals surface area contributed by atoms with Gasteiger partial charge in [-0.2, -0.15) is 0 Å². The van der Waals surface area contributed by atoms with Gasteiger partial charge < -0.3 is 0 Å². The van der Waals surface area contributed by atoms with Crippen LogP contribution in [0.4, 0.5) is 5.69 Å². The SMILES string of the molecule is Cc1ccc2c(c1)N(C(=O)C(Cc1ccccc1)N1C(=O)c3ccccc3C1=O)C(C)(C)c1ssc(=S)c1-2. The van der Waals surface area contributed by atoms with Gasteiger partial charge in [0.05, 0.1) is 27.2 Å². The van der Waals surface area contributed by atoms with Crippen LogP contribution in [-0.4, -0.2) is 28.7 Å². The predicted octanol–water partition coefficient (Wildman–Crippen LogP) is 7.00. The lowest BCUT2D eigenvalue weighted by atomic mass is 9.86. The minimum Gasteiger partial charge on any atom is -0.299 e. The van der Waals surface area contributed by atoms with Gasteiger partial charge in [-0.25, -0.2) is 0 Å². The van der Waals surface area contributed by atoms with Crippen molar-refractivity contribution in [3.05, 3.63) is 104 Å². The molecule has 0 radical (unpaired) electrons. The molecular formula is C30H24N2O3S3. The van der Waals surface area contributed by atoms with Crippen LogP contribution >= 0.6 is 32.9 Å². The molecular weight excluding hydrogens is 533 g/mol. The van der Waals surface area contributed by atoms with Crippen molar-refractivity contribution >= 4 is 56.3 Å². The summed E-state index contributed by atoms with van der Waals surface area (Å²) in [5.74, 6) is -1.17. The van der Waals surface area contributed by atoms with Gasteiger partial charge >= 0.3 is 0 Å². The topological polar surface area (TPSA) is 57.7 Å². The van der Waals surface area contributed by atoms with Gasteiger partial charge in [0.2, 0.25) is 0 Å². The van der Waals surface area contributed by atoms with Crippen LogP contribution < -0.4 is 4.90 Å². The van der Waals surface area contributed by atoms with E-state index < -0.39 is 23.4 Å². The van der Waals surface area contributed by atoms with Gasteiger partial charge in [0.15, 0.2) is 0 Å². The molecule has 38 heavy (non-hydrogen) atoms. The molecule has 1 unspecified atom stereocenters. The molecule has 3 aromatic carbocycles. The van der Waals surface area contributed by atoms with E-state index in [1.54, 1.807) is 39.5 Å². The summed E-state index contributed by atoms with van der Waals surface area (Å²) in [6, 6.07) is 21.3. The first-order valence-corrected chi connectivity index (χ1v) is 14.9. The summed E-state index contributed by atoms with van der Waals surface area (Å²) in [5.41, 5.74) is 4.45. The number of carbonyl (C=O) groups is 3. The first kappa shape index (κ1) is 24.9. The largest absolute Gasteiger partial charge is 0.299 e. The van der Waals surface area contributed by atoms with Crippen LogP contribution in [0.1, 0.15) is 50.6 Å². The number of hydrogen-bond acceptors (Lipinski definition) is 6. The fourth-order valence-electron chi connectivity index (χ4n) is 5.50. The Kier molecular flexibility index (Phi) is 5.94. The van der Waals surface area contributed by atoms with Crippen molar-refractivity contribution in [3.63, 3.8) is 0 Å². The van der Waals surface area contributed by atoms with Gasteiger partial charge in [-0.1, -0.05) is 87.5 Å². The Bertz CT molecular complexity index is 1650. The molecule has 2 aliphatic rings. The fraction of sp³-hybridized carbons (Fsp3) is 0.200. The van der Waals surface area contributed by atoms with E-state index in [-0.39, 0.29) is 12.3 Å². The maximum Gasteiger partial charge on any atom is 0.262 e. The van der Waals surface area contributed by atoms with Crippen molar-refractivity contribution in [3.8, 4) is 11.1 Å². The minimum atomic E-state index is -1.02. The number of carbonyl (C=O) groups excluding carboxylic acids is 3. The Morgan fingerprint density at radius 2 is 1.53 bits per heavy atom. The lowest BCUT2D eigenvalue weighted by Crippen LogP contribution is -2.57. The second kappa shape index (κ2) is 9.08. The monoisotopic (exact) mass is 556 g/mol. The van der Waals surface area contributed by atoms with Crippen LogP contribution in [0.25, 0.3) is 11.1 Å². The molecule has 5 nitrogen and oxygen atoms in total. The zero-order valence-corrected chi connectivity index (χ0v) is 23.5. The number of aryl methyl sites for hydroxylation is 1. The third-order valence-corrected chi connectivity index (χ3v) is 10.7. The van der Waals surface area contributed by atoms with Gasteiger partial charge in [0.25, 0.3) is 17.7 Å². The number of nitrogens with zero attached hydrogens (tertiary/aromatic N) is 2. The van der Waals surface area contributed by atoms with E-state index in [0.717, 1.165) is 41.5 Å². The van der Waals surface area contributed by atoms with Gasteiger partial charge in [0, 0.05) is 17.5 Å². The Hall–Kier alpha value is -3.46. The zero-order valence-electron chi connectivity index (χ0n) is 21.1. The molecule has 0 fully saturated rings. The smallest absolute Gasteiger partial charge is 0.262 e. The van der Waals surface area contributed by atoms with E-state index >= 15 is 0 Å². The molecule has 0 spiro atoms. The second-order valence-electron chi connectivity index (χ2n) is 10.1.